The Balaban J connectivity index is 1.44. The number of nitrogens with one attached hydrogen (secondary N) is 1. The molecule has 1 saturated carbocycles. The molecule has 2 aliphatic carbocycles. The van der Waals surface area contributed by atoms with Crippen LogP contribution >= 0.6 is 22.9 Å². The van der Waals surface area contributed by atoms with E-state index in [0.29, 0.717) is 15.7 Å². The molecular weight excluding hydrogens is 516 g/mol. The van der Waals surface area contributed by atoms with E-state index in [4.69, 9.17) is 11.6 Å². The van der Waals surface area contributed by atoms with Gasteiger partial charge in [-0.25, -0.2) is 22.4 Å². The first-order valence-electron chi connectivity index (χ1n) is 12.1. The van der Waals surface area contributed by atoms with Crippen molar-refractivity contribution in [2.24, 2.45) is 5.92 Å². The molecule has 10 heteroatoms. The minimum Gasteiger partial charge on any atom is -0.383 e. The van der Waals surface area contributed by atoms with Crippen LogP contribution in [0.2, 0.25) is 0 Å². The Bertz CT molecular complexity index is 1550. The zero-order valence-electron chi connectivity index (χ0n) is 19.8. The number of fused-ring (bicyclic) bond motifs is 1. The second-order valence-corrected chi connectivity index (χ2v) is 13.6. The number of aromatic nitrogens is 3. The molecule has 7 nitrogen and oxygen atoms in total. The lowest BCUT2D eigenvalue weighted by Gasteiger charge is -2.38. The van der Waals surface area contributed by atoms with Crippen molar-refractivity contribution in [1.29, 1.82) is 0 Å². The molecule has 6 rings (SSSR count). The fraction of sp³-hybridized carbons (Fsp3) is 0.385. The second-order valence-electron chi connectivity index (χ2n) is 9.91. The van der Waals surface area contributed by atoms with E-state index in [2.05, 4.69) is 21.4 Å². The summed E-state index contributed by atoms with van der Waals surface area (Å²) in [5, 5.41) is 15.8. The number of rotatable bonds is 5. The molecule has 0 saturated heterocycles. The highest BCUT2D eigenvalue weighted by Crippen LogP contribution is 2.46. The summed E-state index contributed by atoms with van der Waals surface area (Å²) >= 11 is 7.83. The predicted molar refractivity (Wildman–Crippen MR) is 143 cm³/mol. The van der Waals surface area contributed by atoms with Gasteiger partial charge in [-0.2, -0.15) is 0 Å². The van der Waals surface area contributed by atoms with E-state index >= 15 is 0 Å². The molecule has 2 unspecified atom stereocenters. The first-order valence-corrected chi connectivity index (χ1v) is 14.7. The Morgan fingerprint density at radius 3 is 2.83 bits per heavy atom. The molecule has 36 heavy (non-hydrogen) atoms. The van der Waals surface area contributed by atoms with Crippen molar-refractivity contribution in [3.05, 3.63) is 70.6 Å². The Hall–Kier alpha value is -2.30. The van der Waals surface area contributed by atoms with E-state index in [9.17, 15) is 13.5 Å². The highest BCUT2D eigenvalue weighted by atomic mass is 35.5. The smallest absolute Gasteiger partial charge is 0.250 e. The van der Waals surface area contributed by atoms with Crippen LogP contribution in [-0.4, -0.2) is 45.3 Å². The summed E-state index contributed by atoms with van der Waals surface area (Å²) in [4.78, 5) is 9.84. The lowest BCUT2D eigenvalue weighted by molar-refractivity contribution is -0.0389. The fourth-order valence-corrected chi connectivity index (χ4v) is 8.73. The summed E-state index contributed by atoms with van der Waals surface area (Å²) in [5.41, 5.74) is 1.47. The third kappa shape index (κ3) is 3.63. The fourth-order valence-electron chi connectivity index (χ4n) is 5.42. The van der Waals surface area contributed by atoms with Crippen LogP contribution in [0.25, 0.3) is 21.5 Å². The number of halogens is 1. The standard InChI is InChI=1S/C26H27ClN4O3S2/c1-25(15-18(27)3-4-21(25)17-5-11-28-12-6-17)36(33,34)31-14-8-20-19(7-13-29-23(20)31)22-16-30-24(35-22)26(32)9-2-10-26/h3-5,7-8,13-16,21,28,32H,2,6,9-12H2,1H3. The quantitative estimate of drug-likeness (QED) is 0.454. The van der Waals surface area contributed by atoms with Crippen LogP contribution in [0.3, 0.4) is 0 Å². The molecule has 3 aromatic rings. The van der Waals surface area contributed by atoms with Crippen LogP contribution in [0.5, 0.6) is 0 Å². The van der Waals surface area contributed by atoms with E-state index in [0.717, 1.165) is 60.2 Å². The van der Waals surface area contributed by atoms with Crippen molar-refractivity contribution in [1.82, 2.24) is 19.3 Å². The highest BCUT2D eigenvalue weighted by Gasteiger charge is 2.48. The minimum atomic E-state index is -3.96. The summed E-state index contributed by atoms with van der Waals surface area (Å²) in [6.07, 6.45) is 15.6. The first-order chi connectivity index (χ1) is 17.2. The van der Waals surface area contributed by atoms with Crippen molar-refractivity contribution in [3.63, 3.8) is 0 Å². The summed E-state index contributed by atoms with van der Waals surface area (Å²) in [7, 11) is -3.96. The van der Waals surface area contributed by atoms with Gasteiger partial charge in [0.05, 0.1) is 4.88 Å². The van der Waals surface area contributed by atoms with E-state index in [1.807, 2.05) is 12.1 Å². The van der Waals surface area contributed by atoms with Crippen LogP contribution < -0.4 is 5.32 Å². The minimum absolute atomic E-state index is 0.333. The summed E-state index contributed by atoms with van der Waals surface area (Å²) < 4.78 is 28.6. The van der Waals surface area contributed by atoms with Gasteiger partial charge in [-0.1, -0.05) is 29.3 Å². The van der Waals surface area contributed by atoms with Gasteiger partial charge in [-0.3, -0.25) is 0 Å². The van der Waals surface area contributed by atoms with Gasteiger partial charge in [0.1, 0.15) is 15.4 Å². The van der Waals surface area contributed by atoms with Gasteiger partial charge in [0.25, 0.3) is 0 Å². The maximum atomic E-state index is 14.3. The van der Waals surface area contributed by atoms with Crippen molar-refractivity contribution in [2.45, 2.75) is 43.0 Å². The van der Waals surface area contributed by atoms with Crippen LogP contribution in [0.15, 0.2) is 65.6 Å². The number of nitrogens with zero attached hydrogens (tertiary/aromatic N) is 3. The monoisotopic (exact) mass is 542 g/mol. The topological polar surface area (TPSA) is 97.1 Å². The molecule has 4 heterocycles. The van der Waals surface area contributed by atoms with Crippen LogP contribution in [0.4, 0.5) is 0 Å². The van der Waals surface area contributed by atoms with Crippen LogP contribution in [0.1, 0.15) is 37.6 Å². The van der Waals surface area contributed by atoms with Gasteiger partial charge in [-0.05, 0) is 63.4 Å². The number of aliphatic hydroxyl groups is 1. The second kappa shape index (κ2) is 8.63. The molecule has 2 N–H and O–H groups in total. The highest BCUT2D eigenvalue weighted by molar-refractivity contribution is 7.91. The molecule has 0 amide bonds. The molecule has 3 aliphatic rings. The van der Waals surface area contributed by atoms with E-state index < -0.39 is 20.4 Å². The van der Waals surface area contributed by atoms with Crippen molar-refractivity contribution in [2.75, 3.05) is 13.1 Å². The summed E-state index contributed by atoms with van der Waals surface area (Å²) in [6.45, 7) is 3.27. The van der Waals surface area contributed by atoms with Gasteiger partial charge < -0.3 is 10.4 Å². The third-order valence-electron chi connectivity index (χ3n) is 7.71. The maximum Gasteiger partial charge on any atom is 0.250 e. The van der Waals surface area contributed by atoms with Gasteiger partial charge in [0.2, 0.25) is 10.0 Å². The molecule has 3 aromatic heterocycles. The number of hydrogen-bond acceptors (Lipinski definition) is 7. The molecule has 1 aliphatic heterocycles. The van der Waals surface area contributed by atoms with Crippen molar-refractivity contribution >= 4 is 44.0 Å². The zero-order valence-corrected chi connectivity index (χ0v) is 22.2. The molecule has 0 radical (unpaired) electrons. The van der Waals surface area contributed by atoms with Gasteiger partial charge in [-0.15, -0.1) is 11.3 Å². The van der Waals surface area contributed by atoms with Gasteiger partial charge >= 0.3 is 0 Å². The summed E-state index contributed by atoms with van der Waals surface area (Å²) in [5.74, 6) is -0.333. The Morgan fingerprint density at radius 2 is 2.11 bits per heavy atom. The average Bonchev–Trinajstić information content (AvgIpc) is 3.51. The number of allylic oxidation sites excluding steroid dienone is 3. The molecule has 2 atom stereocenters. The Kier molecular flexibility index (Phi) is 5.77. The molecule has 0 aromatic carbocycles. The number of hydrogen-bond donors (Lipinski definition) is 2. The van der Waals surface area contributed by atoms with Gasteiger partial charge in [0, 0.05) is 47.0 Å². The molecular formula is C26H27ClN4O3S2. The van der Waals surface area contributed by atoms with Crippen LogP contribution in [-0.2, 0) is 15.6 Å². The number of pyridine rings is 1. The number of thiazole rings is 1. The zero-order chi connectivity index (χ0) is 25.1. The lowest BCUT2D eigenvalue weighted by atomic mass is 9.81. The largest absolute Gasteiger partial charge is 0.383 e. The third-order valence-corrected chi connectivity index (χ3v) is 11.5. The Labute approximate surface area is 219 Å². The van der Waals surface area contributed by atoms with Crippen molar-refractivity contribution < 1.29 is 13.5 Å². The molecule has 0 bridgehead atoms. The lowest BCUT2D eigenvalue weighted by Crippen LogP contribution is -2.46. The van der Waals surface area contributed by atoms with E-state index in [1.54, 1.807) is 43.7 Å². The summed E-state index contributed by atoms with van der Waals surface area (Å²) in [6, 6.07) is 3.66. The normalized spacial score (nSPS) is 25.9. The first kappa shape index (κ1) is 24.1. The maximum absolute atomic E-state index is 14.3. The van der Waals surface area contributed by atoms with Crippen molar-refractivity contribution in [3.8, 4) is 10.4 Å². The van der Waals surface area contributed by atoms with Gasteiger partial charge in [0.15, 0.2) is 5.65 Å². The molecule has 1 fully saturated rings. The SMILES string of the molecule is CC1(S(=O)(=O)n2ccc3c(-c4cnc(C5(O)CCC5)s4)ccnc32)C=C(Cl)C=CC1C1=CCNCC1. The van der Waals surface area contributed by atoms with E-state index in [-0.39, 0.29) is 5.92 Å². The Morgan fingerprint density at radius 1 is 1.28 bits per heavy atom. The van der Waals surface area contributed by atoms with Crippen LogP contribution in [0, 0.1) is 5.92 Å². The average molecular weight is 543 g/mol. The predicted octanol–water partition coefficient (Wildman–Crippen LogP) is 4.70. The molecule has 0 spiro atoms. The van der Waals surface area contributed by atoms with E-state index in [1.165, 1.54) is 15.3 Å². The molecule has 188 valence electrons.